The summed E-state index contributed by atoms with van der Waals surface area (Å²) in [5.74, 6) is -0.274. The van der Waals surface area contributed by atoms with Crippen LogP contribution in [-0.4, -0.2) is 17.6 Å². The molecule has 1 heterocycles. The predicted molar refractivity (Wildman–Crippen MR) is 74.3 cm³/mol. The summed E-state index contributed by atoms with van der Waals surface area (Å²) in [5.41, 5.74) is 4.80. The van der Waals surface area contributed by atoms with Crippen molar-refractivity contribution in [2.75, 3.05) is 0 Å². The second kappa shape index (κ2) is 7.78. The van der Waals surface area contributed by atoms with Crippen molar-refractivity contribution in [3.05, 3.63) is 0 Å². The smallest absolute Gasteiger partial charge is 0.249 e. The Morgan fingerprint density at radius 3 is 2.11 bits per heavy atom. The Morgan fingerprint density at radius 2 is 1.67 bits per heavy atom. The molecule has 0 spiro atoms. The number of amides is 1. The zero-order valence-corrected chi connectivity index (χ0v) is 12.0. The SMILES string of the molecule is CCCCCCCCCCC1(C(N)=O)CC(C)O1. The quantitative estimate of drug-likeness (QED) is 0.607. The van der Waals surface area contributed by atoms with Crippen molar-refractivity contribution < 1.29 is 9.53 Å². The third-order valence-electron chi connectivity index (χ3n) is 3.93. The van der Waals surface area contributed by atoms with Gasteiger partial charge in [0.15, 0.2) is 0 Å². The highest BCUT2D eigenvalue weighted by molar-refractivity contribution is 5.84. The van der Waals surface area contributed by atoms with Gasteiger partial charge in [-0.15, -0.1) is 0 Å². The van der Waals surface area contributed by atoms with Crippen LogP contribution in [0.2, 0.25) is 0 Å². The Labute approximate surface area is 111 Å². The number of unbranched alkanes of at least 4 members (excludes halogenated alkanes) is 7. The van der Waals surface area contributed by atoms with Crippen molar-refractivity contribution in [3.8, 4) is 0 Å². The molecular weight excluding hydrogens is 226 g/mol. The van der Waals surface area contributed by atoms with Crippen LogP contribution in [0, 0.1) is 0 Å². The molecule has 2 atom stereocenters. The molecule has 1 fully saturated rings. The Kier molecular flexibility index (Phi) is 6.69. The molecule has 2 N–H and O–H groups in total. The van der Waals surface area contributed by atoms with E-state index in [1.54, 1.807) is 0 Å². The summed E-state index contributed by atoms with van der Waals surface area (Å²) in [5, 5.41) is 0. The van der Waals surface area contributed by atoms with E-state index in [0.29, 0.717) is 0 Å². The van der Waals surface area contributed by atoms with E-state index in [1.807, 2.05) is 6.92 Å². The molecule has 0 saturated carbocycles. The van der Waals surface area contributed by atoms with Gasteiger partial charge in [-0.05, 0) is 13.3 Å². The molecule has 0 bridgehead atoms. The zero-order chi connectivity index (χ0) is 13.4. The molecule has 1 saturated heterocycles. The minimum atomic E-state index is -0.623. The lowest BCUT2D eigenvalue weighted by molar-refractivity contribution is -0.203. The maximum absolute atomic E-state index is 11.4. The van der Waals surface area contributed by atoms with E-state index in [9.17, 15) is 4.79 Å². The van der Waals surface area contributed by atoms with Crippen LogP contribution in [0.4, 0.5) is 0 Å². The van der Waals surface area contributed by atoms with Gasteiger partial charge in [-0.1, -0.05) is 58.3 Å². The minimum Gasteiger partial charge on any atom is -0.367 e. The lowest BCUT2D eigenvalue weighted by atomic mass is 9.84. The first-order valence-corrected chi connectivity index (χ1v) is 7.58. The topological polar surface area (TPSA) is 52.3 Å². The van der Waals surface area contributed by atoms with Crippen LogP contribution >= 0.6 is 0 Å². The lowest BCUT2D eigenvalue weighted by Crippen LogP contribution is -2.57. The Bertz CT molecular complexity index is 247. The Balaban J connectivity index is 2.01. The van der Waals surface area contributed by atoms with Crippen LogP contribution in [0.5, 0.6) is 0 Å². The van der Waals surface area contributed by atoms with E-state index in [0.717, 1.165) is 19.3 Å². The summed E-state index contributed by atoms with van der Waals surface area (Å²) in [6.07, 6.45) is 12.0. The summed E-state index contributed by atoms with van der Waals surface area (Å²) in [7, 11) is 0. The molecule has 0 radical (unpaired) electrons. The molecule has 1 aliphatic rings. The number of ether oxygens (including phenoxy) is 1. The zero-order valence-electron chi connectivity index (χ0n) is 12.0. The van der Waals surface area contributed by atoms with Crippen molar-refractivity contribution in [1.82, 2.24) is 0 Å². The van der Waals surface area contributed by atoms with E-state index >= 15 is 0 Å². The van der Waals surface area contributed by atoms with Crippen molar-refractivity contribution in [3.63, 3.8) is 0 Å². The number of rotatable bonds is 10. The molecule has 1 amide bonds. The monoisotopic (exact) mass is 255 g/mol. The number of hydrogen-bond donors (Lipinski definition) is 1. The Hall–Kier alpha value is -0.570. The third kappa shape index (κ3) is 4.60. The number of primary amides is 1. The fourth-order valence-electron chi connectivity index (χ4n) is 2.83. The van der Waals surface area contributed by atoms with Gasteiger partial charge in [-0.3, -0.25) is 4.79 Å². The molecule has 18 heavy (non-hydrogen) atoms. The highest BCUT2D eigenvalue weighted by atomic mass is 16.5. The number of nitrogens with two attached hydrogens (primary N) is 1. The van der Waals surface area contributed by atoms with Gasteiger partial charge in [0.05, 0.1) is 6.10 Å². The highest BCUT2D eigenvalue weighted by Gasteiger charge is 2.47. The molecule has 2 unspecified atom stereocenters. The van der Waals surface area contributed by atoms with Gasteiger partial charge in [0, 0.05) is 6.42 Å². The van der Waals surface area contributed by atoms with Gasteiger partial charge in [0.25, 0.3) is 0 Å². The molecule has 0 aromatic heterocycles. The average molecular weight is 255 g/mol. The molecule has 1 aliphatic heterocycles. The van der Waals surface area contributed by atoms with Crippen LogP contribution in [-0.2, 0) is 9.53 Å². The molecule has 0 aromatic rings. The molecular formula is C15H29NO2. The normalized spacial score (nSPS) is 26.9. The number of carbonyl (C=O) groups excluding carboxylic acids is 1. The lowest BCUT2D eigenvalue weighted by Gasteiger charge is -2.44. The van der Waals surface area contributed by atoms with Crippen molar-refractivity contribution in [2.24, 2.45) is 5.73 Å². The number of carbonyl (C=O) groups is 1. The average Bonchev–Trinajstić information content (AvgIpc) is 2.29. The first-order valence-electron chi connectivity index (χ1n) is 7.58. The van der Waals surface area contributed by atoms with E-state index in [1.165, 1.54) is 44.9 Å². The maximum Gasteiger partial charge on any atom is 0.249 e. The largest absolute Gasteiger partial charge is 0.367 e. The van der Waals surface area contributed by atoms with Crippen molar-refractivity contribution >= 4 is 5.91 Å². The van der Waals surface area contributed by atoms with E-state index in [2.05, 4.69) is 6.92 Å². The summed E-state index contributed by atoms with van der Waals surface area (Å²) >= 11 is 0. The van der Waals surface area contributed by atoms with Crippen LogP contribution in [0.3, 0.4) is 0 Å². The summed E-state index contributed by atoms with van der Waals surface area (Å²) in [6.45, 7) is 4.23. The van der Waals surface area contributed by atoms with Gasteiger partial charge in [0.2, 0.25) is 5.91 Å². The van der Waals surface area contributed by atoms with Crippen LogP contribution < -0.4 is 5.73 Å². The van der Waals surface area contributed by atoms with E-state index in [4.69, 9.17) is 10.5 Å². The molecule has 0 aromatic carbocycles. The third-order valence-corrected chi connectivity index (χ3v) is 3.93. The fraction of sp³-hybridized carbons (Fsp3) is 0.933. The molecule has 0 aliphatic carbocycles. The first-order chi connectivity index (χ1) is 8.60. The van der Waals surface area contributed by atoms with Gasteiger partial charge in [0.1, 0.15) is 5.60 Å². The van der Waals surface area contributed by atoms with Gasteiger partial charge in [-0.2, -0.15) is 0 Å². The second-order valence-corrected chi connectivity index (χ2v) is 5.72. The Morgan fingerprint density at radius 1 is 1.17 bits per heavy atom. The summed E-state index contributed by atoms with van der Waals surface area (Å²) < 4.78 is 5.57. The van der Waals surface area contributed by atoms with Gasteiger partial charge in [-0.25, -0.2) is 0 Å². The van der Waals surface area contributed by atoms with Crippen LogP contribution in [0.1, 0.15) is 78.1 Å². The molecule has 3 heteroatoms. The minimum absolute atomic E-state index is 0.201. The fourth-order valence-corrected chi connectivity index (χ4v) is 2.83. The van der Waals surface area contributed by atoms with Gasteiger partial charge < -0.3 is 10.5 Å². The summed E-state index contributed by atoms with van der Waals surface area (Å²) in [6, 6.07) is 0. The van der Waals surface area contributed by atoms with E-state index < -0.39 is 5.60 Å². The second-order valence-electron chi connectivity index (χ2n) is 5.72. The highest BCUT2D eigenvalue weighted by Crippen LogP contribution is 2.36. The maximum atomic E-state index is 11.4. The first kappa shape index (κ1) is 15.5. The van der Waals surface area contributed by atoms with E-state index in [-0.39, 0.29) is 12.0 Å². The summed E-state index contributed by atoms with van der Waals surface area (Å²) in [4.78, 5) is 11.4. The molecule has 1 rings (SSSR count). The van der Waals surface area contributed by atoms with Crippen LogP contribution in [0.15, 0.2) is 0 Å². The van der Waals surface area contributed by atoms with Crippen molar-refractivity contribution in [2.45, 2.75) is 89.8 Å². The molecule has 3 nitrogen and oxygen atoms in total. The van der Waals surface area contributed by atoms with Crippen LogP contribution in [0.25, 0.3) is 0 Å². The van der Waals surface area contributed by atoms with Gasteiger partial charge >= 0.3 is 0 Å². The van der Waals surface area contributed by atoms with Crippen molar-refractivity contribution in [1.29, 1.82) is 0 Å². The standard InChI is InChI=1S/C15H29NO2/c1-3-4-5-6-7-8-9-10-11-15(14(16)17)12-13(2)18-15/h13H,3-12H2,1-2H3,(H2,16,17). The molecule has 106 valence electrons. The number of hydrogen-bond acceptors (Lipinski definition) is 2. The predicted octanol–water partition coefficient (Wildman–Crippen LogP) is 3.55.